The highest BCUT2D eigenvalue weighted by atomic mass is 79.9. The lowest BCUT2D eigenvalue weighted by molar-refractivity contribution is -0.0125. The standard InChI is InChI=1S/C16H20BrNO2/c1-3-19-14-8-13(9-14)18-10(2)16-7-11-6-12(17)4-5-15(11)20-16/h4-7,10,13-14,18H,3,8-9H2,1-2H3. The van der Waals surface area contributed by atoms with Gasteiger partial charge in [0.15, 0.2) is 0 Å². The summed E-state index contributed by atoms with van der Waals surface area (Å²) in [7, 11) is 0. The molecule has 1 aromatic carbocycles. The average molecular weight is 338 g/mol. The molecular formula is C16H20BrNO2. The van der Waals surface area contributed by atoms with E-state index in [9.17, 15) is 0 Å². The number of rotatable bonds is 5. The maximum absolute atomic E-state index is 5.91. The van der Waals surface area contributed by atoms with Crippen molar-refractivity contribution in [2.75, 3.05) is 6.61 Å². The molecule has 0 aliphatic heterocycles. The molecule has 1 saturated carbocycles. The number of hydrogen-bond donors (Lipinski definition) is 1. The molecule has 1 heterocycles. The first kappa shape index (κ1) is 14.1. The van der Waals surface area contributed by atoms with Crippen LogP contribution < -0.4 is 5.32 Å². The maximum Gasteiger partial charge on any atom is 0.134 e. The van der Waals surface area contributed by atoms with E-state index in [1.165, 1.54) is 0 Å². The second-order valence-electron chi connectivity index (χ2n) is 5.46. The lowest BCUT2D eigenvalue weighted by Gasteiger charge is -2.37. The molecule has 3 rings (SSSR count). The van der Waals surface area contributed by atoms with E-state index in [0.29, 0.717) is 12.1 Å². The summed E-state index contributed by atoms with van der Waals surface area (Å²) in [5, 5.41) is 4.75. The molecule has 4 heteroatoms. The van der Waals surface area contributed by atoms with Crippen molar-refractivity contribution in [2.45, 2.75) is 44.9 Å². The number of furan rings is 1. The predicted molar refractivity (Wildman–Crippen MR) is 83.9 cm³/mol. The van der Waals surface area contributed by atoms with Crippen LogP contribution in [0.5, 0.6) is 0 Å². The Morgan fingerprint density at radius 3 is 2.95 bits per heavy atom. The van der Waals surface area contributed by atoms with Crippen molar-refractivity contribution in [2.24, 2.45) is 0 Å². The van der Waals surface area contributed by atoms with Gasteiger partial charge in [0, 0.05) is 22.5 Å². The van der Waals surface area contributed by atoms with E-state index < -0.39 is 0 Å². The highest BCUT2D eigenvalue weighted by Gasteiger charge is 2.30. The lowest BCUT2D eigenvalue weighted by atomic mass is 9.88. The van der Waals surface area contributed by atoms with Crippen molar-refractivity contribution >= 4 is 26.9 Å². The zero-order valence-corrected chi connectivity index (χ0v) is 13.4. The van der Waals surface area contributed by atoms with Crippen molar-refractivity contribution < 1.29 is 9.15 Å². The molecule has 0 saturated heterocycles. The molecular weight excluding hydrogens is 318 g/mol. The van der Waals surface area contributed by atoms with Crippen LogP contribution in [0.15, 0.2) is 33.2 Å². The molecule has 2 aromatic rings. The van der Waals surface area contributed by atoms with E-state index in [1.807, 2.05) is 12.1 Å². The molecule has 20 heavy (non-hydrogen) atoms. The molecule has 1 atom stereocenters. The van der Waals surface area contributed by atoms with E-state index in [1.54, 1.807) is 0 Å². The molecule has 1 fully saturated rings. The smallest absolute Gasteiger partial charge is 0.134 e. The fourth-order valence-electron chi connectivity index (χ4n) is 2.76. The molecule has 0 radical (unpaired) electrons. The zero-order valence-electron chi connectivity index (χ0n) is 11.9. The summed E-state index contributed by atoms with van der Waals surface area (Å²) < 4.78 is 12.6. The topological polar surface area (TPSA) is 34.4 Å². The molecule has 0 amide bonds. The summed E-state index contributed by atoms with van der Waals surface area (Å²) in [6.07, 6.45) is 2.64. The van der Waals surface area contributed by atoms with Crippen LogP contribution >= 0.6 is 15.9 Å². The maximum atomic E-state index is 5.91. The third-order valence-electron chi connectivity index (χ3n) is 3.91. The summed E-state index contributed by atoms with van der Waals surface area (Å²) in [5.41, 5.74) is 0.942. The summed E-state index contributed by atoms with van der Waals surface area (Å²) in [6, 6.07) is 8.99. The minimum Gasteiger partial charge on any atom is -0.459 e. The van der Waals surface area contributed by atoms with Crippen molar-refractivity contribution in [1.29, 1.82) is 0 Å². The summed E-state index contributed by atoms with van der Waals surface area (Å²) in [4.78, 5) is 0. The minimum absolute atomic E-state index is 0.230. The van der Waals surface area contributed by atoms with Gasteiger partial charge in [0.25, 0.3) is 0 Å². The second kappa shape index (κ2) is 5.88. The Hall–Kier alpha value is -0.840. The number of ether oxygens (including phenoxy) is 1. The second-order valence-corrected chi connectivity index (χ2v) is 6.38. The first-order valence-corrected chi connectivity index (χ1v) is 8.01. The summed E-state index contributed by atoms with van der Waals surface area (Å²) >= 11 is 3.49. The van der Waals surface area contributed by atoms with E-state index >= 15 is 0 Å². The number of hydrogen-bond acceptors (Lipinski definition) is 3. The van der Waals surface area contributed by atoms with Crippen LogP contribution in [-0.4, -0.2) is 18.8 Å². The Morgan fingerprint density at radius 1 is 1.40 bits per heavy atom. The third kappa shape index (κ3) is 2.92. The van der Waals surface area contributed by atoms with Crippen LogP contribution in [0.25, 0.3) is 11.0 Å². The Kier molecular flexibility index (Phi) is 4.15. The molecule has 3 nitrogen and oxygen atoms in total. The first-order chi connectivity index (χ1) is 9.65. The fraction of sp³-hybridized carbons (Fsp3) is 0.500. The summed E-state index contributed by atoms with van der Waals surface area (Å²) in [5.74, 6) is 0.998. The van der Waals surface area contributed by atoms with E-state index in [-0.39, 0.29) is 6.04 Å². The fourth-order valence-corrected chi connectivity index (χ4v) is 3.14. The van der Waals surface area contributed by atoms with Gasteiger partial charge in [0.2, 0.25) is 0 Å². The van der Waals surface area contributed by atoms with Crippen LogP contribution in [0.2, 0.25) is 0 Å². The molecule has 1 aliphatic rings. The van der Waals surface area contributed by atoms with E-state index in [4.69, 9.17) is 9.15 Å². The van der Waals surface area contributed by atoms with E-state index in [2.05, 4.69) is 47.2 Å². The first-order valence-electron chi connectivity index (χ1n) is 7.22. The quantitative estimate of drug-likeness (QED) is 0.877. The molecule has 1 unspecified atom stereocenters. The largest absolute Gasteiger partial charge is 0.459 e. The SMILES string of the molecule is CCOC1CC(NC(C)c2cc3cc(Br)ccc3o2)C1. The third-order valence-corrected chi connectivity index (χ3v) is 4.40. The van der Waals surface area contributed by atoms with Crippen LogP contribution in [0, 0.1) is 0 Å². The predicted octanol–water partition coefficient (Wildman–Crippen LogP) is 4.41. The normalized spacial score (nSPS) is 23.8. The van der Waals surface area contributed by atoms with Crippen molar-refractivity contribution in [1.82, 2.24) is 5.32 Å². The highest BCUT2D eigenvalue weighted by molar-refractivity contribution is 9.10. The Morgan fingerprint density at radius 2 is 2.20 bits per heavy atom. The number of halogens is 1. The molecule has 0 spiro atoms. The van der Waals surface area contributed by atoms with Crippen LogP contribution in [0.3, 0.4) is 0 Å². The van der Waals surface area contributed by atoms with Crippen LogP contribution in [0.1, 0.15) is 38.5 Å². The Labute approximate surface area is 127 Å². The van der Waals surface area contributed by atoms with Gasteiger partial charge in [-0.3, -0.25) is 0 Å². The number of benzene rings is 1. The van der Waals surface area contributed by atoms with Crippen molar-refractivity contribution in [3.63, 3.8) is 0 Å². The Balaban J connectivity index is 1.63. The van der Waals surface area contributed by atoms with Crippen LogP contribution in [-0.2, 0) is 4.74 Å². The van der Waals surface area contributed by atoms with Gasteiger partial charge in [-0.05, 0) is 51.0 Å². The van der Waals surface area contributed by atoms with Gasteiger partial charge in [-0.2, -0.15) is 0 Å². The number of nitrogens with one attached hydrogen (secondary N) is 1. The average Bonchev–Trinajstić information content (AvgIpc) is 2.79. The van der Waals surface area contributed by atoms with Gasteiger partial charge in [0.1, 0.15) is 11.3 Å². The number of fused-ring (bicyclic) bond motifs is 1. The van der Waals surface area contributed by atoms with Gasteiger partial charge < -0.3 is 14.5 Å². The Bertz CT molecular complexity index is 589. The van der Waals surface area contributed by atoms with Crippen LogP contribution in [0.4, 0.5) is 0 Å². The van der Waals surface area contributed by atoms with E-state index in [0.717, 1.165) is 40.7 Å². The molecule has 0 bridgehead atoms. The van der Waals surface area contributed by atoms with Crippen molar-refractivity contribution in [3.8, 4) is 0 Å². The molecule has 108 valence electrons. The molecule has 1 N–H and O–H groups in total. The van der Waals surface area contributed by atoms with Crippen molar-refractivity contribution in [3.05, 3.63) is 34.5 Å². The molecule has 1 aromatic heterocycles. The van der Waals surface area contributed by atoms with Gasteiger partial charge in [-0.15, -0.1) is 0 Å². The van der Waals surface area contributed by atoms with Gasteiger partial charge >= 0.3 is 0 Å². The summed E-state index contributed by atoms with van der Waals surface area (Å²) in [6.45, 7) is 5.02. The van der Waals surface area contributed by atoms with Gasteiger partial charge in [-0.25, -0.2) is 0 Å². The monoisotopic (exact) mass is 337 g/mol. The molecule has 1 aliphatic carbocycles. The van der Waals surface area contributed by atoms with Gasteiger partial charge in [-0.1, -0.05) is 15.9 Å². The minimum atomic E-state index is 0.230. The highest BCUT2D eigenvalue weighted by Crippen LogP contribution is 2.29. The zero-order chi connectivity index (χ0) is 14.1. The lowest BCUT2D eigenvalue weighted by Crippen LogP contribution is -2.46. The van der Waals surface area contributed by atoms with Gasteiger partial charge in [0.05, 0.1) is 12.1 Å².